The molecule has 0 spiro atoms. The molecule has 0 saturated carbocycles. The molecule has 1 saturated heterocycles. The van der Waals surface area contributed by atoms with Gasteiger partial charge in [-0.15, -0.1) is 0 Å². The molecule has 0 bridgehead atoms. The van der Waals surface area contributed by atoms with Crippen molar-refractivity contribution < 1.29 is 4.74 Å². The summed E-state index contributed by atoms with van der Waals surface area (Å²) in [5.41, 5.74) is 8.19. The van der Waals surface area contributed by atoms with Crippen LogP contribution in [-0.4, -0.2) is 40.9 Å². The van der Waals surface area contributed by atoms with Crippen LogP contribution in [0.2, 0.25) is 0 Å². The Morgan fingerprint density at radius 3 is 2.60 bits per heavy atom. The number of nitrogens with zero attached hydrogens (tertiary/aromatic N) is 2. The first-order valence-electron chi connectivity index (χ1n) is 6.71. The number of hydrazine groups is 1. The van der Waals surface area contributed by atoms with Gasteiger partial charge >= 0.3 is 5.69 Å². The predicted octanol–water partition coefficient (Wildman–Crippen LogP) is -0.566. The smallest absolute Gasteiger partial charge is 0.330 e. The van der Waals surface area contributed by atoms with Crippen LogP contribution in [0.4, 0.5) is 11.5 Å². The van der Waals surface area contributed by atoms with Gasteiger partial charge in [-0.25, -0.2) is 9.80 Å². The Labute approximate surface area is 116 Å². The highest BCUT2D eigenvalue weighted by Gasteiger charge is 2.17. The van der Waals surface area contributed by atoms with Crippen LogP contribution in [0.1, 0.15) is 13.8 Å². The number of aromatic nitrogens is 2. The lowest BCUT2D eigenvalue weighted by Crippen LogP contribution is -2.43. The third kappa shape index (κ3) is 3.20. The fourth-order valence-corrected chi connectivity index (χ4v) is 2.08. The normalized spacial score (nSPS) is 16.6. The predicted molar refractivity (Wildman–Crippen MR) is 76.6 cm³/mol. The summed E-state index contributed by atoms with van der Waals surface area (Å²) in [5, 5.41) is 1.86. The number of morpholine rings is 1. The van der Waals surface area contributed by atoms with Gasteiger partial charge in [-0.2, -0.15) is 0 Å². The van der Waals surface area contributed by atoms with Gasteiger partial charge in [0.05, 0.1) is 13.2 Å². The van der Waals surface area contributed by atoms with Crippen molar-refractivity contribution in [1.29, 1.82) is 0 Å². The summed E-state index contributed by atoms with van der Waals surface area (Å²) in [5.74, 6) is 0.413. The fourth-order valence-electron chi connectivity index (χ4n) is 2.08. The molecule has 2 rings (SSSR count). The molecule has 112 valence electrons. The molecule has 1 aromatic heterocycles. The van der Waals surface area contributed by atoms with E-state index in [1.165, 1.54) is 4.57 Å². The third-order valence-corrected chi connectivity index (χ3v) is 3.07. The van der Waals surface area contributed by atoms with Crippen molar-refractivity contribution in [2.75, 3.05) is 37.5 Å². The zero-order chi connectivity index (χ0) is 14.7. The van der Waals surface area contributed by atoms with E-state index in [4.69, 9.17) is 10.5 Å². The van der Waals surface area contributed by atoms with E-state index in [-0.39, 0.29) is 17.4 Å². The van der Waals surface area contributed by atoms with Gasteiger partial charge in [0, 0.05) is 19.6 Å². The molecule has 0 aliphatic carbocycles. The van der Waals surface area contributed by atoms with E-state index in [1.807, 2.05) is 18.9 Å². The van der Waals surface area contributed by atoms with Crippen LogP contribution >= 0.6 is 0 Å². The second-order valence-electron chi connectivity index (χ2n) is 5.24. The van der Waals surface area contributed by atoms with E-state index in [1.54, 1.807) is 0 Å². The fraction of sp³-hybridized carbons (Fsp3) is 0.667. The average Bonchev–Trinajstić information content (AvgIpc) is 2.40. The molecule has 8 heteroatoms. The van der Waals surface area contributed by atoms with Crippen LogP contribution in [0, 0.1) is 5.92 Å². The van der Waals surface area contributed by atoms with Gasteiger partial charge in [0.15, 0.2) is 5.69 Å². The van der Waals surface area contributed by atoms with E-state index in [0.717, 1.165) is 0 Å². The average molecular weight is 283 g/mol. The Kier molecular flexibility index (Phi) is 4.46. The summed E-state index contributed by atoms with van der Waals surface area (Å²) in [6, 6.07) is 0. The largest absolute Gasteiger partial charge is 0.383 e. The van der Waals surface area contributed by atoms with Gasteiger partial charge in [-0.1, -0.05) is 13.8 Å². The number of anilines is 2. The molecular weight excluding hydrogens is 262 g/mol. The quantitative estimate of drug-likeness (QED) is 0.683. The van der Waals surface area contributed by atoms with Crippen LogP contribution in [0.15, 0.2) is 9.59 Å². The molecule has 8 nitrogen and oxygen atoms in total. The SMILES string of the molecule is CC(C)Cn1c(N)c(NN2CCOCC2)c(=O)[nH]c1=O. The number of hydrogen-bond donors (Lipinski definition) is 3. The standard InChI is InChI=1S/C12H21N5O3/c1-8(2)7-17-10(13)9(11(18)14-12(17)19)15-16-3-5-20-6-4-16/h8,15H,3-7,13H2,1-2H3,(H,14,18,19). The lowest BCUT2D eigenvalue weighted by Gasteiger charge is -2.28. The Morgan fingerprint density at radius 2 is 2.00 bits per heavy atom. The van der Waals surface area contributed by atoms with Gasteiger partial charge in [0.25, 0.3) is 5.56 Å². The molecule has 0 amide bonds. The topological polar surface area (TPSA) is 105 Å². The molecule has 4 N–H and O–H groups in total. The van der Waals surface area contributed by atoms with Gasteiger partial charge < -0.3 is 15.9 Å². The first-order valence-corrected chi connectivity index (χ1v) is 6.71. The summed E-state index contributed by atoms with van der Waals surface area (Å²) in [4.78, 5) is 26.0. The summed E-state index contributed by atoms with van der Waals surface area (Å²) in [6.07, 6.45) is 0. The molecule has 0 radical (unpaired) electrons. The van der Waals surface area contributed by atoms with Crippen molar-refractivity contribution in [3.05, 3.63) is 20.8 Å². The maximum atomic E-state index is 11.9. The van der Waals surface area contributed by atoms with Crippen molar-refractivity contribution in [2.24, 2.45) is 5.92 Å². The van der Waals surface area contributed by atoms with Gasteiger partial charge in [-0.3, -0.25) is 14.3 Å². The van der Waals surface area contributed by atoms with Gasteiger partial charge in [-0.05, 0) is 5.92 Å². The monoisotopic (exact) mass is 283 g/mol. The van der Waals surface area contributed by atoms with Crippen molar-refractivity contribution in [3.63, 3.8) is 0 Å². The summed E-state index contributed by atoms with van der Waals surface area (Å²) >= 11 is 0. The molecule has 1 fully saturated rings. The second-order valence-corrected chi connectivity index (χ2v) is 5.24. The van der Waals surface area contributed by atoms with Crippen LogP contribution in [-0.2, 0) is 11.3 Å². The molecular formula is C12H21N5O3. The Morgan fingerprint density at radius 1 is 1.35 bits per heavy atom. The molecule has 20 heavy (non-hydrogen) atoms. The number of nitrogens with one attached hydrogen (secondary N) is 2. The van der Waals surface area contributed by atoms with E-state index in [0.29, 0.717) is 32.8 Å². The lowest BCUT2D eigenvalue weighted by molar-refractivity contribution is 0.0496. The molecule has 1 aromatic rings. The Bertz CT molecular complexity index is 571. The zero-order valence-corrected chi connectivity index (χ0v) is 11.8. The Hall–Kier alpha value is -1.80. The number of rotatable bonds is 4. The highest BCUT2D eigenvalue weighted by Crippen LogP contribution is 2.13. The van der Waals surface area contributed by atoms with Gasteiger partial charge in [0.2, 0.25) is 0 Å². The van der Waals surface area contributed by atoms with Crippen LogP contribution in [0.5, 0.6) is 0 Å². The summed E-state index contributed by atoms with van der Waals surface area (Å²) in [7, 11) is 0. The molecule has 1 aliphatic heterocycles. The highest BCUT2D eigenvalue weighted by atomic mass is 16.5. The van der Waals surface area contributed by atoms with E-state index in [9.17, 15) is 9.59 Å². The zero-order valence-electron chi connectivity index (χ0n) is 11.8. The number of hydrogen-bond acceptors (Lipinski definition) is 6. The van der Waals surface area contributed by atoms with E-state index < -0.39 is 11.2 Å². The van der Waals surface area contributed by atoms with Crippen molar-refractivity contribution in [3.8, 4) is 0 Å². The third-order valence-electron chi connectivity index (χ3n) is 3.07. The first kappa shape index (κ1) is 14.6. The first-order chi connectivity index (χ1) is 9.49. The number of H-pyrrole nitrogens is 1. The van der Waals surface area contributed by atoms with Crippen LogP contribution < -0.4 is 22.4 Å². The lowest BCUT2D eigenvalue weighted by atomic mass is 10.2. The van der Waals surface area contributed by atoms with Crippen molar-refractivity contribution >= 4 is 11.5 Å². The second kappa shape index (κ2) is 6.10. The van der Waals surface area contributed by atoms with Crippen molar-refractivity contribution in [1.82, 2.24) is 14.6 Å². The van der Waals surface area contributed by atoms with E-state index >= 15 is 0 Å². The maximum absolute atomic E-state index is 11.9. The number of aromatic amines is 1. The minimum Gasteiger partial charge on any atom is -0.383 e. The maximum Gasteiger partial charge on any atom is 0.330 e. The van der Waals surface area contributed by atoms with Gasteiger partial charge in [0.1, 0.15) is 5.82 Å². The number of ether oxygens (including phenoxy) is 1. The minimum absolute atomic E-state index is 0.166. The number of nitrogens with two attached hydrogens (primary N) is 1. The van der Waals surface area contributed by atoms with E-state index in [2.05, 4.69) is 10.4 Å². The van der Waals surface area contributed by atoms with Crippen LogP contribution in [0.3, 0.4) is 0 Å². The highest BCUT2D eigenvalue weighted by molar-refractivity contribution is 5.59. The minimum atomic E-state index is -0.501. The molecule has 2 heterocycles. The van der Waals surface area contributed by atoms with Crippen LogP contribution in [0.25, 0.3) is 0 Å². The number of nitrogen functional groups attached to an aromatic ring is 1. The van der Waals surface area contributed by atoms with Crippen molar-refractivity contribution in [2.45, 2.75) is 20.4 Å². The summed E-state index contributed by atoms with van der Waals surface area (Å²) < 4.78 is 6.62. The summed E-state index contributed by atoms with van der Waals surface area (Å²) in [6.45, 7) is 6.91. The Balaban J connectivity index is 2.31. The molecule has 0 atom stereocenters. The molecule has 0 unspecified atom stereocenters. The molecule has 0 aromatic carbocycles. The molecule has 1 aliphatic rings.